The van der Waals surface area contributed by atoms with Crippen LogP contribution in [0.15, 0.2) is 24.3 Å². The van der Waals surface area contributed by atoms with Gasteiger partial charge in [-0.05, 0) is 30.4 Å². The highest BCUT2D eigenvalue weighted by atomic mass is 32.2. The average molecular weight is 295 g/mol. The van der Waals surface area contributed by atoms with Gasteiger partial charge < -0.3 is 10.5 Å². The first-order valence-corrected chi connectivity index (χ1v) is 8.26. The fourth-order valence-corrected chi connectivity index (χ4v) is 2.75. The Hall–Kier alpha value is -1.00. The van der Waals surface area contributed by atoms with Crippen LogP contribution in [-0.4, -0.2) is 24.1 Å². The molecule has 0 bridgehead atoms. The third kappa shape index (κ3) is 6.44. The number of hydrogen-bond donors (Lipinski definition) is 1. The topological polar surface area (TPSA) is 52.3 Å². The minimum Gasteiger partial charge on any atom is -0.465 e. The highest BCUT2D eigenvalue weighted by molar-refractivity contribution is 7.99. The Morgan fingerprint density at radius 1 is 1.30 bits per heavy atom. The second-order valence-electron chi connectivity index (χ2n) is 5.27. The van der Waals surface area contributed by atoms with Crippen molar-refractivity contribution < 1.29 is 9.53 Å². The van der Waals surface area contributed by atoms with Crippen LogP contribution in [0.3, 0.4) is 0 Å². The van der Waals surface area contributed by atoms with Crippen molar-refractivity contribution in [3.05, 3.63) is 35.4 Å². The molecule has 1 aromatic rings. The lowest BCUT2D eigenvalue weighted by atomic mass is 10.0. The third-order valence-corrected chi connectivity index (χ3v) is 3.91. The van der Waals surface area contributed by atoms with Crippen LogP contribution in [0.5, 0.6) is 0 Å². The molecule has 0 aliphatic carbocycles. The zero-order valence-electron chi connectivity index (χ0n) is 12.6. The van der Waals surface area contributed by atoms with Crippen LogP contribution >= 0.6 is 11.8 Å². The molecule has 20 heavy (non-hydrogen) atoms. The lowest BCUT2D eigenvalue weighted by molar-refractivity contribution is -0.139. The van der Waals surface area contributed by atoms with Gasteiger partial charge in [-0.25, -0.2) is 0 Å². The van der Waals surface area contributed by atoms with Gasteiger partial charge in [-0.1, -0.05) is 38.1 Å². The Labute approximate surface area is 126 Å². The summed E-state index contributed by atoms with van der Waals surface area (Å²) in [7, 11) is 0. The highest BCUT2D eigenvalue weighted by Crippen LogP contribution is 2.18. The molecular weight excluding hydrogens is 270 g/mol. The minimum atomic E-state index is -0.169. The normalized spacial score (nSPS) is 12.4. The van der Waals surface area contributed by atoms with Gasteiger partial charge in [0.25, 0.3) is 0 Å². The number of carbonyl (C=O) groups excluding carboxylic acids is 1. The second kappa shape index (κ2) is 9.03. The number of thioether (sulfide) groups is 1. The van der Waals surface area contributed by atoms with E-state index in [9.17, 15) is 4.79 Å². The number of rotatable bonds is 8. The van der Waals surface area contributed by atoms with Crippen molar-refractivity contribution in [2.75, 3.05) is 18.1 Å². The number of nitrogens with two attached hydrogens (primary N) is 1. The fraction of sp³-hybridized carbons (Fsp3) is 0.562. The molecule has 0 saturated carbocycles. The number of ether oxygens (including phenoxy) is 1. The zero-order valence-corrected chi connectivity index (χ0v) is 13.4. The van der Waals surface area contributed by atoms with Crippen molar-refractivity contribution in [2.24, 2.45) is 11.7 Å². The van der Waals surface area contributed by atoms with Crippen molar-refractivity contribution in [2.45, 2.75) is 33.2 Å². The van der Waals surface area contributed by atoms with Crippen LogP contribution in [0.4, 0.5) is 0 Å². The fourth-order valence-electron chi connectivity index (χ4n) is 1.94. The summed E-state index contributed by atoms with van der Waals surface area (Å²) in [5, 5.41) is 0. The number of benzene rings is 1. The molecule has 1 atom stereocenters. The van der Waals surface area contributed by atoms with Crippen molar-refractivity contribution in [1.82, 2.24) is 0 Å². The Bertz CT molecular complexity index is 403. The Kier molecular flexibility index (Phi) is 7.70. The summed E-state index contributed by atoms with van der Waals surface area (Å²) in [5.74, 6) is 1.58. The van der Waals surface area contributed by atoms with Gasteiger partial charge in [0, 0.05) is 11.8 Å². The molecule has 0 fully saturated rings. The zero-order chi connectivity index (χ0) is 15.0. The van der Waals surface area contributed by atoms with Gasteiger partial charge in [-0.2, -0.15) is 0 Å². The Balaban J connectivity index is 2.39. The van der Waals surface area contributed by atoms with E-state index in [2.05, 4.69) is 38.1 Å². The Morgan fingerprint density at radius 3 is 2.50 bits per heavy atom. The lowest BCUT2D eigenvalue weighted by Crippen LogP contribution is -2.15. The smallest absolute Gasteiger partial charge is 0.315 e. The van der Waals surface area contributed by atoms with Crippen LogP contribution in [0, 0.1) is 5.92 Å². The maximum absolute atomic E-state index is 11.2. The van der Waals surface area contributed by atoms with Crippen molar-refractivity contribution in [3.8, 4) is 0 Å². The summed E-state index contributed by atoms with van der Waals surface area (Å²) in [4.78, 5) is 11.2. The van der Waals surface area contributed by atoms with Crippen molar-refractivity contribution in [1.29, 1.82) is 0 Å². The highest BCUT2D eigenvalue weighted by Gasteiger charge is 2.09. The van der Waals surface area contributed by atoms with E-state index in [4.69, 9.17) is 10.5 Å². The van der Waals surface area contributed by atoms with Gasteiger partial charge in [-0.15, -0.1) is 11.8 Å². The summed E-state index contributed by atoms with van der Waals surface area (Å²) in [5.41, 5.74) is 8.60. The van der Waals surface area contributed by atoms with E-state index < -0.39 is 0 Å². The summed E-state index contributed by atoms with van der Waals surface area (Å²) in [6, 6.07) is 8.43. The number of carbonyl (C=O) groups is 1. The van der Waals surface area contributed by atoms with Gasteiger partial charge >= 0.3 is 5.97 Å². The average Bonchev–Trinajstić information content (AvgIpc) is 2.39. The molecular formula is C16H25NO2S. The first kappa shape index (κ1) is 17.1. The predicted molar refractivity (Wildman–Crippen MR) is 85.9 cm³/mol. The number of esters is 1. The molecule has 4 heteroatoms. The molecule has 2 N–H and O–H groups in total. The molecule has 1 unspecified atom stereocenters. The molecule has 0 aliphatic heterocycles. The monoisotopic (exact) mass is 295 g/mol. The first-order valence-electron chi connectivity index (χ1n) is 7.10. The van der Waals surface area contributed by atoms with E-state index in [1.165, 1.54) is 17.3 Å². The molecule has 0 radical (unpaired) electrons. The van der Waals surface area contributed by atoms with Gasteiger partial charge in [0.2, 0.25) is 0 Å². The van der Waals surface area contributed by atoms with Crippen LogP contribution in [0.2, 0.25) is 0 Å². The molecule has 0 spiro atoms. The van der Waals surface area contributed by atoms with E-state index >= 15 is 0 Å². The van der Waals surface area contributed by atoms with Crippen molar-refractivity contribution in [3.63, 3.8) is 0 Å². The van der Waals surface area contributed by atoms with Crippen molar-refractivity contribution >= 4 is 17.7 Å². The molecule has 0 saturated heterocycles. The quantitative estimate of drug-likeness (QED) is 0.748. The molecule has 0 aliphatic rings. The van der Waals surface area contributed by atoms with Gasteiger partial charge in [0.05, 0.1) is 12.4 Å². The van der Waals surface area contributed by atoms with E-state index in [0.29, 0.717) is 18.3 Å². The molecule has 112 valence electrons. The number of hydrogen-bond acceptors (Lipinski definition) is 4. The van der Waals surface area contributed by atoms with Crippen LogP contribution < -0.4 is 5.73 Å². The third-order valence-electron chi connectivity index (χ3n) is 2.87. The van der Waals surface area contributed by atoms with Crippen LogP contribution in [-0.2, 0) is 16.0 Å². The van der Waals surface area contributed by atoms with E-state index in [0.717, 1.165) is 17.7 Å². The van der Waals surface area contributed by atoms with Crippen LogP contribution in [0.1, 0.15) is 37.9 Å². The maximum Gasteiger partial charge on any atom is 0.315 e. The SMILES string of the molecule is CCOC(=O)CSCC(N)c1ccc(CC(C)C)cc1. The Morgan fingerprint density at radius 2 is 1.95 bits per heavy atom. The van der Waals surface area contributed by atoms with Gasteiger partial charge in [0.1, 0.15) is 0 Å². The summed E-state index contributed by atoms with van der Waals surface area (Å²) in [6.45, 7) is 6.67. The largest absolute Gasteiger partial charge is 0.465 e. The minimum absolute atomic E-state index is 0.0393. The maximum atomic E-state index is 11.2. The molecule has 1 aromatic carbocycles. The van der Waals surface area contributed by atoms with Gasteiger partial charge in [0.15, 0.2) is 0 Å². The summed E-state index contributed by atoms with van der Waals surface area (Å²) < 4.78 is 4.88. The van der Waals surface area contributed by atoms with E-state index in [-0.39, 0.29) is 12.0 Å². The first-order chi connectivity index (χ1) is 9.52. The lowest BCUT2D eigenvalue weighted by Gasteiger charge is -2.13. The molecule has 0 heterocycles. The van der Waals surface area contributed by atoms with E-state index in [1.54, 1.807) is 0 Å². The molecule has 3 nitrogen and oxygen atoms in total. The molecule has 1 rings (SSSR count). The van der Waals surface area contributed by atoms with Gasteiger partial charge in [-0.3, -0.25) is 4.79 Å². The predicted octanol–water partition coefficient (Wildman–Crippen LogP) is 3.18. The standard InChI is InChI=1S/C16H25NO2S/c1-4-19-16(18)11-20-10-15(17)14-7-5-13(6-8-14)9-12(2)3/h5-8,12,15H,4,9-11,17H2,1-3H3. The second-order valence-corrected chi connectivity index (χ2v) is 6.30. The van der Waals surface area contributed by atoms with E-state index in [1.807, 2.05) is 6.92 Å². The summed E-state index contributed by atoms with van der Waals surface area (Å²) in [6.07, 6.45) is 1.09. The molecule has 0 aromatic heterocycles. The molecule has 0 amide bonds. The van der Waals surface area contributed by atoms with Crippen LogP contribution in [0.25, 0.3) is 0 Å². The summed E-state index contributed by atoms with van der Waals surface area (Å²) >= 11 is 1.52.